The van der Waals surface area contributed by atoms with Gasteiger partial charge in [-0.15, -0.1) is 0 Å². The molecule has 3 nitrogen and oxygen atoms in total. The quantitative estimate of drug-likeness (QED) is 0.712. The van der Waals surface area contributed by atoms with Gasteiger partial charge < -0.3 is 10.6 Å². The first kappa shape index (κ1) is 11.3. The smallest absolute Gasteiger partial charge is 0.221 e. The van der Waals surface area contributed by atoms with E-state index in [1.807, 2.05) is 11.8 Å². The first-order valence-corrected chi connectivity index (χ1v) is 7.08. The predicted molar refractivity (Wildman–Crippen MR) is 64.1 cm³/mol. The molecule has 1 heterocycles. The highest BCUT2D eigenvalue weighted by Crippen LogP contribution is 2.22. The van der Waals surface area contributed by atoms with Crippen LogP contribution in [0, 0.1) is 5.92 Å². The van der Waals surface area contributed by atoms with Gasteiger partial charge >= 0.3 is 0 Å². The Balaban J connectivity index is 1.47. The number of rotatable bonds is 6. The van der Waals surface area contributed by atoms with Crippen LogP contribution in [0.3, 0.4) is 0 Å². The lowest BCUT2D eigenvalue weighted by molar-refractivity contribution is -0.121. The largest absolute Gasteiger partial charge is 0.356 e. The van der Waals surface area contributed by atoms with Gasteiger partial charge in [0.25, 0.3) is 0 Å². The lowest BCUT2D eigenvalue weighted by Crippen LogP contribution is -2.32. The Kier molecular flexibility index (Phi) is 4.32. The van der Waals surface area contributed by atoms with E-state index in [2.05, 4.69) is 10.6 Å². The minimum absolute atomic E-state index is 0.208. The molecule has 1 unspecified atom stereocenters. The van der Waals surface area contributed by atoms with Gasteiger partial charge in [0, 0.05) is 25.6 Å². The van der Waals surface area contributed by atoms with Crippen LogP contribution in [0.25, 0.3) is 0 Å². The zero-order valence-corrected chi connectivity index (χ0v) is 9.94. The van der Waals surface area contributed by atoms with Crippen LogP contribution in [0.5, 0.6) is 0 Å². The van der Waals surface area contributed by atoms with Crippen molar-refractivity contribution in [2.75, 3.05) is 24.6 Å². The molecule has 86 valence electrons. The van der Waals surface area contributed by atoms with Crippen LogP contribution >= 0.6 is 11.8 Å². The summed E-state index contributed by atoms with van der Waals surface area (Å²) in [5.41, 5.74) is 0. The van der Waals surface area contributed by atoms with Gasteiger partial charge in [0.1, 0.15) is 0 Å². The third-order valence-electron chi connectivity index (χ3n) is 2.97. The average Bonchev–Trinajstić information content (AvgIpc) is 2.91. The minimum atomic E-state index is 0.208. The molecular weight excluding hydrogens is 208 g/mol. The van der Waals surface area contributed by atoms with E-state index in [1.54, 1.807) is 0 Å². The van der Waals surface area contributed by atoms with Gasteiger partial charge in [0.2, 0.25) is 5.91 Å². The van der Waals surface area contributed by atoms with Crippen LogP contribution in [0.4, 0.5) is 0 Å². The molecule has 2 aliphatic rings. The van der Waals surface area contributed by atoms with Crippen LogP contribution < -0.4 is 10.6 Å². The summed E-state index contributed by atoms with van der Waals surface area (Å²) in [6, 6.07) is 0.712. The fourth-order valence-corrected chi connectivity index (χ4v) is 3.05. The third-order valence-corrected chi connectivity index (χ3v) is 4.21. The first-order valence-electron chi connectivity index (χ1n) is 5.92. The molecule has 0 bridgehead atoms. The molecule has 2 rings (SSSR count). The fraction of sp³-hybridized carbons (Fsp3) is 0.909. The predicted octanol–water partition coefficient (Wildman–Crippen LogP) is 0.998. The Hall–Kier alpha value is -0.220. The lowest BCUT2D eigenvalue weighted by Gasteiger charge is -2.10. The number of carbonyl (C=O) groups is 1. The molecule has 15 heavy (non-hydrogen) atoms. The van der Waals surface area contributed by atoms with Gasteiger partial charge in [-0.25, -0.2) is 0 Å². The molecular formula is C11H20N2OS. The zero-order chi connectivity index (χ0) is 10.5. The van der Waals surface area contributed by atoms with Crippen LogP contribution in [-0.2, 0) is 4.79 Å². The molecule has 0 aromatic rings. The van der Waals surface area contributed by atoms with Crippen molar-refractivity contribution in [2.45, 2.75) is 31.7 Å². The molecule has 2 N–H and O–H groups in total. The van der Waals surface area contributed by atoms with Gasteiger partial charge in [-0.05, 0) is 36.7 Å². The molecule has 1 aliphatic heterocycles. The van der Waals surface area contributed by atoms with Gasteiger partial charge in [-0.3, -0.25) is 4.79 Å². The fourth-order valence-electron chi connectivity index (χ4n) is 1.77. The average molecular weight is 228 g/mol. The number of hydrogen-bond donors (Lipinski definition) is 2. The summed E-state index contributed by atoms with van der Waals surface area (Å²) in [5.74, 6) is 3.42. The summed E-state index contributed by atoms with van der Waals surface area (Å²) in [6.07, 6.45) is 4.49. The van der Waals surface area contributed by atoms with Crippen LogP contribution in [0.2, 0.25) is 0 Å². The molecule has 2 fully saturated rings. The molecule has 1 atom stereocenters. The van der Waals surface area contributed by atoms with Crippen LogP contribution in [-0.4, -0.2) is 36.5 Å². The second-order valence-corrected chi connectivity index (χ2v) is 5.66. The van der Waals surface area contributed by atoms with Crippen molar-refractivity contribution in [1.82, 2.24) is 10.6 Å². The summed E-state index contributed by atoms with van der Waals surface area (Å²) in [7, 11) is 0. The Morgan fingerprint density at radius 2 is 2.20 bits per heavy atom. The van der Waals surface area contributed by atoms with Crippen molar-refractivity contribution in [1.29, 1.82) is 0 Å². The number of amides is 1. The van der Waals surface area contributed by atoms with E-state index >= 15 is 0 Å². The number of nitrogens with one attached hydrogen (secondary N) is 2. The number of thioether (sulfide) groups is 1. The van der Waals surface area contributed by atoms with Crippen LogP contribution in [0.15, 0.2) is 0 Å². The van der Waals surface area contributed by atoms with Crippen molar-refractivity contribution in [3.05, 3.63) is 0 Å². The van der Waals surface area contributed by atoms with Crippen molar-refractivity contribution >= 4 is 17.7 Å². The maximum Gasteiger partial charge on any atom is 0.221 e. The van der Waals surface area contributed by atoms with Crippen molar-refractivity contribution in [3.63, 3.8) is 0 Å². The molecule has 0 aromatic carbocycles. The van der Waals surface area contributed by atoms with Gasteiger partial charge in [-0.1, -0.05) is 0 Å². The second-order valence-electron chi connectivity index (χ2n) is 4.51. The number of carbonyl (C=O) groups excluding carboxylic acids is 1. The minimum Gasteiger partial charge on any atom is -0.356 e. The van der Waals surface area contributed by atoms with E-state index in [0.29, 0.717) is 12.5 Å². The van der Waals surface area contributed by atoms with E-state index in [0.717, 1.165) is 19.0 Å². The molecule has 0 radical (unpaired) electrons. The second kappa shape index (κ2) is 5.75. The summed E-state index contributed by atoms with van der Waals surface area (Å²) < 4.78 is 0. The highest BCUT2D eigenvalue weighted by molar-refractivity contribution is 7.99. The molecule has 1 amide bonds. The third kappa shape index (κ3) is 4.43. The summed E-state index contributed by atoms with van der Waals surface area (Å²) in [6.45, 7) is 1.73. The molecule has 1 saturated carbocycles. The highest BCUT2D eigenvalue weighted by atomic mass is 32.2. The monoisotopic (exact) mass is 228 g/mol. The summed E-state index contributed by atoms with van der Waals surface area (Å²) >= 11 is 2.00. The maximum absolute atomic E-state index is 11.4. The van der Waals surface area contributed by atoms with E-state index < -0.39 is 0 Å². The van der Waals surface area contributed by atoms with Gasteiger partial charge in [0.05, 0.1) is 0 Å². The van der Waals surface area contributed by atoms with Crippen molar-refractivity contribution in [2.24, 2.45) is 5.92 Å². The highest BCUT2D eigenvalue weighted by Gasteiger charge is 2.20. The SMILES string of the molecule is O=C(CCNC1CC1)NCC1CCSC1. The first-order chi connectivity index (χ1) is 7.34. The topological polar surface area (TPSA) is 41.1 Å². The standard InChI is InChI=1S/C11H20N2OS/c14-11(3-5-12-10-1-2-10)13-7-9-4-6-15-8-9/h9-10,12H,1-8H2,(H,13,14). The molecule has 4 heteroatoms. The Bertz CT molecular complexity index is 213. The summed E-state index contributed by atoms with van der Waals surface area (Å²) in [5, 5.41) is 6.38. The van der Waals surface area contributed by atoms with Gasteiger partial charge in [-0.2, -0.15) is 11.8 Å². The zero-order valence-electron chi connectivity index (χ0n) is 9.13. The number of hydrogen-bond acceptors (Lipinski definition) is 3. The van der Waals surface area contributed by atoms with E-state index in [9.17, 15) is 4.79 Å². The lowest BCUT2D eigenvalue weighted by atomic mass is 10.1. The molecule has 1 aliphatic carbocycles. The van der Waals surface area contributed by atoms with Crippen molar-refractivity contribution < 1.29 is 4.79 Å². The maximum atomic E-state index is 11.4. The van der Waals surface area contributed by atoms with E-state index in [4.69, 9.17) is 0 Å². The summed E-state index contributed by atoms with van der Waals surface area (Å²) in [4.78, 5) is 11.4. The van der Waals surface area contributed by atoms with E-state index in [-0.39, 0.29) is 5.91 Å². The Morgan fingerprint density at radius 3 is 2.87 bits per heavy atom. The Labute approximate surface area is 95.8 Å². The molecule has 1 saturated heterocycles. The van der Waals surface area contributed by atoms with E-state index in [1.165, 1.54) is 30.8 Å². The Morgan fingerprint density at radius 1 is 1.33 bits per heavy atom. The molecule has 0 spiro atoms. The normalized spacial score (nSPS) is 25.5. The van der Waals surface area contributed by atoms with Crippen molar-refractivity contribution in [3.8, 4) is 0 Å². The van der Waals surface area contributed by atoms with Gasteiger partial charge in [0.15, 0.2) is 0 Å². The van der Waals surface area contributed by atoms with Crippen LogP contribution in [0.1, 0.15) is 25.7 Å². The molecule has 0 aromatic heterocycles.